The van der Waals surface area contributed by atoms with Crippen LogP contribution in [-0.4, -0.2) is 24.9 Å². The zero-order valence-corrected chi connectivity index (χ0v) is 12.4. The Hall–Kier alpha value is -2.60. The molecule has 22 heavy (non-hydrogen) atoms. The lowest BCUT2D eigenvalue weighted by Crippen LogP contribution is -2.27. The topological polar surface area (TPSA) is 83.4 Å². The minimum absolute atomic E-state index is 0.125. The van der Waals surface area contributed by atoms with Crippen LogP contribution in [0.4, 0.5) is 5.69 Å². The average molecular weight is 301 g/mol. The summed E-state index contributed by atoms with van der Waals surface area (Å²) < 4.78 is 5.16. The number of amides is 2. The number of hydrogen-bond acceptors (Lipinski definition) is 4. The van der Waals surface area contributed by atoms with Gasteiger partial charge < -0.3 is 20.4 Å². The summed E-state index contributed by atoms with van der Waals surface area (Å²) in [4.78, 5) is 23.4. The Bertz CT molecular complexity index is 606. The zero-order chi connectivity index (χ0) is 15.8. The Kier molecular flexibility index (Phi) is 5.73. The molecule has 0 radical (unpaired) electrons. The molecule has 2 aromatic rings. The van der Waals surface area contributed by atoms with Crippen LogP contribution in [0.5, 0.6) is 0 Å². The van der Waals surface area contributed by atoms with Crippen LogP contribution in [0.3, 0.4) is 0 Å². The lowest BCUT2D eigenvalue weighted by atomic mass is 10.2. The third-order valence-electron chi connectivity index (χ3n) is 2.93. The highest BCUT2D eigenvalue weighted by Gasteiger charge is 2.06. The molecular formula is C16H19N3O3. The van der Waals surface area contributed by atoms with Crippen LogP contribution in [0.2, 0.25) is 0 Å². The van der Waals surface area contributed by atoms with Gasteiger partial charge in [0.25, 0.3) is 5.91 Å². The van der Waals surface area contributed by atoms with E-state index in [1.807, 2.05) is 13.0 Å². The monoisotopic (exact) mass is 301 g/mol. The number of carbonyl (C=O) groups excluding carboxylic acids is 2. The van der Waals surface area contributed by atoms with Gasteiger partial charge in [-0.25, -0.2) is 0 Å². The van der Waals surface area contributed by atoms with Gasteiger partial charge in [0.1, 0.15) is 5.76 Å². The smallest absolute Gasteiger partial charge is 0.251 e. The molecule has 116 valence electrons. The molecule has 6 heteroatoms. The van der Waals surface area contributed by atoms with Crippen molar-refractivity contribution in [2.45, 2.75) is 13.5 Å². The molecule has 0 bridgehead atoms. The summed E-state index contributed by atoms with van der Waals surface area (Å²) in [6.45, 7) is 3.12. The number of furan rings is 1. The van der Waals surface area contributed by atoms with Crippen molar-refractivity contribution in [1.29, 1.82) is 0 Å². The second kappa shape index (κ2) is 7.99. The van der Waals surface area contributed by atoms with E-state index >= 15 is 0 Å². The highest BCUT2D eigenvalue weighted by molar-refractivity contribution is 5.96. The molecule has 0 aliphatic heterocycles. The maximum absolute atomic E-state index is 11.8. The Morgan fingerprint density at radius 1 is 1.14 bits per heavy atom. The predicted octanol–water partition coefficient (Wildman–Crippen LogP) is 1.76. The summed E-state index contributed by atoms with van der Waals surface area (Å²) in [6, 6.07) is 10.4. The zero-order valence-electron chi connectivity index (χ0n) is 12.4. The third-order valence-corrected chi connectivity index (χ3v) is 2.93. The highest BCUT2D eigenvalue weighted by Crippen LogP contribution is 2.09. The van der Waals surface area contributed by atoms with Gasteiger partial charge in [-0.2, -0.15) is 0 Å². The first-order valence-electron chi connectivity index (χ1n) is 7.10. The maximum Gasteiger partial charge on any atom is 0.251 e. The van der Waals surface area contributed by atoms with Gasteiger partial charge in [-0.1, -0.05) is 0 Å². The predicted molar refractivity (Wildman–Crippen MR) is 83.5 cm³/mol. The van der Waals surface area contributed by atoms with E-state index in [1.54, 1.807) is 36.6 Å². The van der Waals surface area contributed by atoms with Crippen LogP contribution in [-0.2, 0) is 11.3 Å². The minimum Gasteiger partial charge on any atom is -0.468 e. The third kappa shape index (κ3) is 4.75. The van der Waals surface area contributed by atoms with Crippen LogP contribution in [0.25, 0.3) is 0 Å². The summed E-state index contributed by atoms with van der Waals surface area (Å²) in [5, 5.41) is 8.46. The van der Waals surface area contributed by atoms with Gasteiger partial charge in [0.2, 0.25) is 5.91 Å². The molecule has 0 unspecified atom stereocenters. The van der Waals surface area contributed by atoms with Crippen LogP contribution in [0.15, 0.2) is 47.1 Å². The Labute approximate surface area is 128 Å². The number of carbonyl (C=O) groups is 2. The summed E-state index contributed by atoms with van der Waals surface area (Å²) in [6.07, 6.45) is 1.59. The molecule has 2 amide bonds. The summed E-state index contributed by atoms with van der Waals surface area (Å²) in [5.41, 5.74) is 1.22. The maximum atomic E-state index is 11.8. The summed E-state index contributed by atoms with van der Waals surface area (Å²) in [7, 11) is 0. The van der Waals surface area contributed by atoms with E-state index in [1.165, 1.54) is 0 Å². The molecule has 0 atom stereocenters. The highest BCUT2D eigenvalue weighted by atomic mass is 16.3. The summed E-state index contributed by atoms with van der Waals surface area (Å²) in [5.74, 6) is 0.497. The normalized spacial score (nSPS) is 10.2. The molecule has 3 N–H and O–H groups in total. The number of anilines is 1. The van der Waals surface area contributed by atoms with Gasteiger partial charge in [-0.15, -0.1) is 0 Å². The first-order chi connectivity index (χ1) is 10.7. The van der Waals surface area contributed by atoms with Gasteiger partial charge >= 0.3 is 0 Å². The lowest BCUT2D eigenvalue weighted by Gasteiger charge is -2.07. The average Bonchev–Trinajstić information content (AvgIpc) is 3.01. The molecule has 0 saturated heterocycles. The molecule has 2 rings (SSSR count). The molecule has 1 aromatic carbocycles. The van der Waals surface area contributed by atoms with E-state index in [0.29, 0.717) is 24.3 Å². The van der Waals surface area contributed by atoms with Gasteiger partial charge in [-0.05, 0) is 43.3 Å². The standard InChI is InChI=1S/C16H19N3O3/c1-2-18-16(21)12-5-7-13(8-6-12)19-15(20)11-17-10-14-4-3-9-22-14/h3-9,17H,2,10-11H2,1H3,(H,18,21)(H,19,20). The quantitative estimate of drug-likeness (QED) is 0.727. The minimum atomic E-state index is -0.155. The van der Waals surface area contributed by atoms with Crippen molar-refractivity contribution in [3.63, 3.8) is 0 Å². The van der Waals surface area contributed by atoms with Crippen molar-refractivity contribution >= 4 is 17.5 Å². The van der Waals surface area contributed by atoms with Crippen molar-refractivity contribution < 1.29 is 14.0 Å². The van der Waals surface area contributed by atoms with Crippen molar-refractivity contribution in [2.24, 2.45) is 0 Å². The van der Waals surface area contributed by atoms with E-state index in [-0.39, 0.29) is 18.4 Å². The first kappa shape index (κ1) is 15.8. The molecule has 1 heterocycles. The molecule has 6 nitrogen and oxygen atoms in total. The van der Waals surface area contributed by atoms with Crippen molar-refractivity contribution in [2.75, 3.05) is 18.4 Å². The first-order valence-corrected chi connectivity index (χ1v) is 7.10. The fourth-order valence-electron chi connectivity index (χ4n) is 1.89. The van der Waals surface area contributed by atoms with Gasteiger partial charge in [0.15, 0.2) is 0 Å². The van der Waals surface area contributed by atoms with E-state index in [0.717, 1.165) is 5.76 Å². The SMILES string of the molecule is CCNC(=O)c1ccc(NC(=O)CNCc2ccco2)cc1. The molecular weight excluding hydrogens is 282 g/mol. The summed E-state index contributed by atoms with van der Waals surface area (Å²) >= 11 is 0. The molecule has 0 spiro atoms. The second-order valence-electron chi connectivity index (χ2n) is 4.67. The molecule has 0 fully saturated rings. The van der Waals surface area contributed by atoms with Gasteiger partial charge in [0.05, 0.1) is 19.4 Å². The molecule has 0 aliphatic carbocycles. The van der Waals surface area contributed by atoms with Crippen LogP contribution >= 0.6 is 0 Å². The second-order valence-corrected chi connectivity index (χ2v) is 4.67. The van der Waals surface area contributed by atoms with E-state index in [9.17, 15) is 9.59 Å². The van der Waals surface area contributed by atoms with Gasteiger partial charge in [0, 0.05) is 17.8 Å². The number of nitrogens with one attached hydrogen (secondary N) is 3. The van der Waals surface area contributed by atoms with Crippen molar-refractivity contribution in [1.82, 2.24) is 10.6 Å². The van der Waals surface area contributed by atoms with E-state index < -0.39 is 0 Å². The van der Waals surface area contributed by atoms with E-state index in [4.69, 9.17) is 4.42 Å². The number of rotatable bonds is 7. The Morgan fingerprint density at radius 3 is 2.55 bits per heavy atom. The lowest BCUT2D eigenvalue weighted by molar-refractivity contribution is -0.115. The van der Waals surface area contributed by atoms with E-state index in [2.05, 4.69) is 16.0 Å². The Balaban J connectivity index is 1.77. The number of hydrogen-bond donors (Lipinski definition) is 3. The molecule has 0 saturated carbocycles. The number of benzene rings is 1. The van der Waals surface area contributed by atoms with Crippen molar-refractivity contribution in [3.8, 4) is 0 Å². The van der Waals surface area contributed by atoms with Crippen LogP contribution in [0.1, 0.15) is 23.0 Å². The van der Waals surface area contributed by atoms with Crippen LogP contribution in [0, 0.1) is 0 Å². The largest absolute Gasteiger partial charge is 0.468 e. The van der Waals surface area contributed by atoms with Crippen LogP contribution < -0.4 is 16.0 Å². The fourth-order valence-corrected chi connectivity index (χ4v) is 1.89. The molecule has 0 aliphatic rings. The fraction of sp³-hybridized carbons (Fsp3) is 0.250. The van der Waals surface area contributed by atoms with Gasteiger partial charge in [-0.3, -0.25) is 9.59 Å². The Morgan fingerprint density at radius 2 is 1.91 bits per heavy atom. The molecule has 1 aromatic heterocycles. The van der Waals surface area contributed by atoms with Crippen molar-refractivity contribution in [3.05, 3.63) is 54.0 Å².